The largest absolute Gasteiger partial charge is 0.488 e. The van der Waals surface area contributed by atoms with Crippen molar-refractivity contribution < 1.29 is 9.53 Å². The number of ether oxygens (including phenoxy) is 1. The summed E-state index contributed by atoms with van der Waals surface area (Å²) in [5, 5.41) is 3.82. The van der Waals surface area contributed by atoms with Crippen LogP contribution in [0.15, 0.2) is 54.6 Å². The van der Waals surface area contributed by atoms with Gasteiger partial charge in [0.2, 0.25) is 5.91 Å². The second kappa shape index (κ2) is 7.87. The molecule has 0 aliphatic rings. The maximum atomic E-state index is 11.7. The van der Waals surface area contributed by atoms with Crippen LogP contribution in [0.5, 0.6) is 5.75 Å². The quantitative estimate of drug-likeness (QED) is 0.791. The molecule has 1 N–H and O–H groups in total. The summed E-state index contributed by atoms with van der Waals surface area (Å²) < 4.78 is 5.52. The lowest BCUT2D eigenvalue weighted by atomic mass is 10.2. The number of hydrogen-bond acceptors (Lipinski definition) is 2. The standard InChI is InChI=1S/C17H15Cl2NO2/c1-12-14(18)9-10-15(17(12)19)22-11-5-8-16(21)20-13-6-3-2-4-7-13/h2-10H,11H2,1H3,(H,20,21)/b8-5+. The topological polar surface area (TPSA) is 38.3 Å². The van der Waals surface area contributed by atoms with E-state index >= 15 is 0 Å². The molecule has 0 saturated heterocycles. The summed E-state index contributed by atoms with van der Waals surface area (Å²) in [5.41, 5.74) is 1.51. The van der Waals surface area contributed by atoms with Crippen molar-refractivity contribution in [1.82, 2.24) is 0 Å². The Bertz CT molecular complexity index is 685. The number of hydrogen-bond donors (Lipinski definition) is 1. The molecule has 1 amide bonds. The van der Waals surface area contributed by atoms with E-state index in [1.807, 2.05) is 37.3 Å². The normalized spacial score (nSPS) is 10.7. The van der Waals surface area contributed by atoms with Crippen LogP contribution in [0.25, 0.3) is 0 Å². The highest BCUT2D eigenvalue weighted by atomic mass is 35.5. The zero-order chi connectivity index (χ0) is 15.9. The van der Waals surface area contributed by atoms with Crippen molar-refractivity contribution in [2.24, 2.45) is 0 Å². The van der Waals surface area contributed by atoms with Gasteiger partial charge in [-0.1, -0.05) is 41.4 Å². The van der Waals surface area contributed by atoms with Crippen LogP contribution in [0, 0.1) is 6.92 Å². The Morgan fingerprint density at radius 3 is 2.64 bits per heavy atom. The number of carbonyl (C=O) groups is 1. The fourth-order valence-corrected chi connectivity index (χ4v) is 2.17. The van der Waals surface area contributed by atoms with Gasteiger partial charge in [0.1, 0.15) is 12.4 Å². The molecule has 114 valence electrons. The van der Waals surface area contributed by atoms with Crippen LogP contribution in [0.1, 0.15) is 5.56 Å². The number of para-hydroxylation sites is 1. The maximum Gasteiger partial charge on any atom is 0.248 e. The van der Waals surface area contributed by atoms with Gasteiger partial charge < -0.3 is 10.1 Å². The van der Waals surface area contributed by atoms with Crippen LogP contribution in [0.2, 0.25) is 10.0 Å². The van der Waals surface area contributed by atoms with Gasteiger partial charge in [-0.05, 0) is 42.8 Å². The third-order valence-electron chi connectivity index (χ3n) is 2.93. The van der Waals surface area contributed by atoms with E-state index < -0.39 is 0 Å². The Morgan fingerprint density at radius 2 is 1.91 bits per heavy atom. The summed E-state index contributed by atoms with van der Waals surface area (Å²) in [6.07, 6.45) is 3.04. The van der Waals surface area contributed by atoms with Crippen LogP contribution in [-0.4, -0.2) is 12.5 Å². The van der Waals surface area contributed by atoms with Gasteiger partial charge in [0.15, 0.2) is 0 Å². The molecular formula is C17H15Cl2NO2. The van der Waals surface area contributed by atoms with E-state index in [0.717, 1.165) is 11.3 Å². The minimum absolute atomic E-state index is 0.215. The Balaban J connectivity index is 1.86. The molecule has 0 heterocycles. The molecule has 0 aliphatic carbocycles. The predicted octanol–water partition coefficient (Wildman–Crippen LogP) is 4.88. The average Bonchev–Trinajstić information content (AvgIpc) is 2.52. The lowest BCUT2D eigenvalue weighted by Crippen LogP contribution is -2.08. The number of nitrogens with one attached hydrogen (secondary N) is 1. The van der Waals surface area contributed by atoms with E-state index in [2.05, 4.69) is 5.32 Å². The number of benzene rings is 2. The Hall–Kier alpha value is -1.97. The fraction of sp³-hybridized carbons (Fsp3) is 0.118. The van der Waals surface area contributed by atoms with Crippen molar-refractivity contribution in [1.29, 1.82) is 0 Å². The molecule has 0 aromatic heterocycles. The van der Waals surface area contributed by atoms with Crippen molar-refractivity contribution in [3.05, 3.63) is 70.2 Å². The number of rotatable bonds is 5. The van der Waals surface area contributed by atoms with Crippen molar-refractivity contribution in [3.63, 3.8) is 0 Å². The number of halogens is 2. The van der Waals surface area contributed by atoms with Gasteiger partial charge in [-0.15, -0.1) is 0 Å². The molecule has 0 fully saturated rings. The lowest BCUT2D eigenvalue weighted by molar-refractivity contribution is -0.111. The van der Waals surface area contributed by atoms with E-state index in [4.69, 9.17) is 27.9 Å². The fourth-order valence-electron chi connectivity index (χ4n) is 1.75. The molecule has 0 atom stereocenters. The molecule has 22 heavy (non-hydrogen) atoms. The van der Waals surface area contributed by atoms with E-state index in [1.165, 1.54) is 6.08 Å². The number of carbonyl (C=O) groups excluding carboxylic acids is 1. The molecule has 0 bridgehead atoms. The van der Waals surface area contributed by atoms with Gasteiger partial charge >= 0.3 is 0 Å². The molecule has 5 heteroatoms. The van der Waals surface area contributed by atoms with Gasteiger partial charge in [0, 0.05) is 16.8 Å². The summed E-state index contributed by atoms with van der Waals surface area (Å²) >= 11 is 12.1. The molecular weight excluding hydrogens is 321 g/mol. The zero-order valence-electron chi connectivity index (χ0n) is 12.0. The first-order chi connectivity index (χ1) is 10.6. The third kappa shape index (κ3) is 4.52. The lowest BCUT2D eigenvalue weighted by Gasteiger charge is -2.08. The number of amides is 1. The van der Waals surface area contributed by atoms with Crippen LogP contribution in [0.4, 0.5) is 5.69 Å². The molecule has 2 aromatic carbocycles. The summed E-state index contributed by atoms with van der Waals surface area (Å²) in [4.78, 5) is 11.7. The molecule has 0 aliphatic heterocycles. The van der Waals surface area contributed by atoms with Gasteiger partial charge in [-0.25, -0.2) is 0 Å². The first-order valence-electron chi connectivity index (χ1n) is 6.68. The predicted molar refractivity (Wildman–Crippen MR) is 90.9 cm³/mol. The van der Waals surface area contributed by atoms with Crippen LogP contribution < -0.4 is 10.1 Å². The minimum atomic E-state index is -0.215. The van der Waals surface area contributed by atoms with Crippen LogP contribution >= 0.6 is 23.2 Å². The van der Waals surface area contributed by atoms with Gasteiger partial charge in [-0.2, -0.15) is 0 Å². The molecule has 0 spiro atoms. The SMILES string of the molecule is Cc1c(Cl)ccc(OC/C=C/C(=O)Nc2ccccc2)c1Cl. The highest BCUT2D eigenvalue weighted by molar-refractivity contribution is 6.36. The minimum Gasteiger partial charge on any atom is -0.488 e. The second-order valence-corrected chi connectivity index (χ2v) is 5.34. The van der Waals surface area contributed by atoms with Gasteiger partial charge in [0.05, 0.1) is 5.02 Å². The zero-order valence-corrected chi connectivity index (χ0v) is 13.5. The second-order valence-electron chi connectivity index (χ2n) is 4.55. The Kier molecular flexibility index (Phi) is 5.87. The van der Waals surface area contributed by atoms with Crippen molar-refractivity contribution >= 4 is 34.8 Å². The summed E-state index contributed by atoms with van der Waals surface area (Å²) in [6.45, 7) is 2.06. The monoisotopic (exact) mass is 335 g/mol. The van der Waals surface area contributed by atoms with E-state index in [0.29, 0.717) is 15.8 Å². The number of anilines is 1. The molecule has 2 rings (SSSR count). The molecule has 0 radical (unpaired) electrons. The maximum absolute atomic E-state index is 11.7. The van der Waals surface area contributed by atoms with Gasteiger partial charge in [-0.3, -0.25) is 4.79 Å². The summed E-state index contributed by atoms with van der Waals surface area (Å²) in [5.74, 6) is 0.324. The average molecular weight is 336 g/mol. The third-order valence-corrected chi connectivity index (χ3v) is 3.81. The first-order valence-corrected chi connectivity index (χ1v) is 7.43. The molecule has 0 saturated carbocycles. The van der Waals surface area contributed by atoms with Crippen molar-refractivity contribution in [2.75, 3.05) is 11.9 Å². The molecule has 3 nitrogen and oxygen atoms in total. The summed E-state index contributed by atoms with van der Waals surface area (Å²) in [6, 6.07) is 12.7. The van der Waals surface area contributed by atoms with Crippen LogP contribution in [-0.2, 0) is 4.79 Å². The highest BCUT2D eigenvalue weighted by Gasteiger charge is 2.07. The van der Waals surface area contributed by atoms with Gasteiger partial charge in [0.25, 0.3) is 0 Å². The first kappa shape index (κ1) is 16.4. The van der Waals surface area contributed by atoms with Crippen molar-refractivity contribution in [2.45, 2.75) is 6.92 Å². The highest BCUT2D eigenvalue weighted by Crippen LogP contribution is 2.32. The van der Waals surface area contributed by atoms with Crippen molar-refractivity contribution in [3.8, 4) is 5.75 Å². The Morgan fingerprint density at radius 1 is 1.18 bits per heavy atom. The smallest absolute Gasteiger partial charge is 0.248 e. The Labute approximate surface area is 139 Å². The molecule has 2 aromatic rings. The van der Waals surface area contributed by atoms with E-state index in [1.54, 1.807) is 18.2 Å². The van der Waals surface area contributed by atoms with Crippen LogP contribution in [0.3, 0.4) is 0 Å². The molecule has 0 unspecified atom stereocenters. The summed E-state index contributed by atoms with van der Waals surface area (Å²) in [7, 11) is 0. The van der Waals surface area contributed by atoms with E-state index in [9.17, 15) is 4.79 Å². The van der Waals surface area contributed by atoms with E-state index in [-0.39, 0.29) is 12.5 Å².